The number of ether oxygens (including phenoxy) is 2. The summed E-state index contributed by atoms with van der Waals surface area (Å²) in [5, 5.41) is 23.4. The van der Waals surface area contributed by atoms with Gasteiger partial charge in [0.2, 0.25) is 5.91 Å². The molecule has 1 heterocycles. The predicted molar refractivity (Wildman–Crippen MR) is 140 cm³/mol. The Labute approximate surface area is 230 Å². The van der Waals surface area contributed by atoms with Gasteiger partial charge in [0.1, 0.15) is 18.0 Å². The number of aliphatic hydroxyl groups excluding tert-OH is 2. The molecule has 0 saturated heterocycles. The first-order chi connectivity index (χ1) is 19.0. The van der Waals surface area contributed by atoms with E-state index < -0.39 is 47.7 Å². The number of hydrogen-bond donors (Lipinski definition) is 3. The van der Waals surface area contributed by atoms with Gasteiger partial charge in [-0.3, -0.25) is 9.59 Å². The molecule has 4 unspecified atom stereocenters. The normalized spacial score (nSPS) is 21.8. The third kappa shape index (κ3) is 6.32. The fourth-order valence-electron chi connectivity index (χ4n) is 5.10. The van der Waals surface area contributed by atoms with E-state index in [4.69, 9.17) is 9.47 Å². The lowest BCUT2D eigenvalue weighted by atomic mass is 9.77. The number of aliphatic hydroxyl groups is 2. The van der Waals surface area contributed by atoms with Crippen molar-refractivity contribution in [3.63, 3.8) is 0 Å². The zero-order valence-corrected chi connectivity index (χ0v) is 22.2. The second-order valence-electron chi connectivity index (χ2n) is 10.0. The minimum atomic E-state index is -4.56. The quantitative estimate of drug-likeness (QED) is 0.384. The lowest BCUT2D eigenvalue weighted by molar-refractivity contribution is -0.137. The summed E-state index contributed by atoms with van der Waals surface area (Å²) in [7, 11) is 0. The number of rotatable bonds is 10. The van der Waals surface area contributed by atoms with Crippen molar-refractivity contribution in [3.05, 3.63) is 76.9 Å². The highest BCUT2D eigenvalue weighted by Crippen LogP contribution is 2.47. The van der Waals surface area contributed by atoms with Crippen molar-refractivity contribution in [2.45, 2.75) is 56.7 Å². The van der Waals surface area contributed by atoms with E-state index in [9.17, 15) is 33.0 Å². The van der Waals surface area contributed by atoms with Crippen LogP contribution in [0.2, 0.25) is 0 Å². The van der Waals surface area contributed by atoms with Crippen molar-refractivity contribution in [2.75, 3.05) is 26.3 Å². The molecule has 0 bridgehead atoms. The summed E-state index contributed by atoms with van der Waals surface area (Å²) >= 11 is 0. The number of alkyl halides is 3. The summed E-state index contributed by atoms with van der Waals surface area (Å²) in [6.07, 6.45) is -4.85. The Morgan fingerprint density at radius 3 is 2.48 bits per heavy atom. The third-order valence-corrected chi connectivity index (χ3v) is 6.95. The Morgan fingerprint density at radius 1 is 1.12 bits per heavy atom. The molecule has 1 aliphatic carbocycles. The smallest absolute Gasteiger partial charge is 0.416 e. The first-order valence-electron chi connectivity index (χ1n) is 13.2. The molecule has 0 saturated carbocycles. The summed E-state index contributed by atoms with van der Waals surface area (Å²) in [5.41, 5.74) is 0.0902. The van der Waals surface area contributed by atoms with Crippen molar-refractivity contribution in [3.8, 4) is 5.75 Å². The lowest BCUT2D eigenvalue weighted by Gasteiger charge is -2.40. The number of fused-ring (bicyclic) bond motifs is 3. The van der Waals surface area contributed by atoms with Crippen LogP contribution in [0.1, 0.15) is 47.7 Å². The maximum atomic E-state index is 13.7. The van der Waals surface area contributed by atoms with E-state index in [0.29, 0.717) is 24.3 Å². The van der Waals surface area contributed by atoms with Crippen LogP contribution in [0, 0.1) is 0 Å². The van der Waals surface area contributed by atoms with Crippen LogP contribution in [0.5, 0.6) is 5.75 Å². The van der Waals surface area contributed by atoms with E-state index in [0.717, 1.165) is 24.3 Å². The second-order valence-corrected chi connectivity index (χ2v) is 10.0. The summed E-state index contributed by atoms with van der Waals surface area (Å²) in [6, 6.07) is 9.93. The van der Waals surface area contributed by atoms with Crippen molar-refractivity contribution in [1.29, 1.82) is 0 Å². The van der Waals surface area contributed by atoms with Gasteiger partial charge in [0.25, 0.3) is 5.91 Å². The van der Waals surface area contributed by atoms with Crippen LogP contribution in [0.15, 0.2) is 60.2 Å². The largest absolute Gasteiger partial charge is 0.486 e. The lowest BCUT2D eigenvalue weighted by Crippen LogP contribution is -2.56. The van der Waals surface area contributed by atoms with Gasteiger partial charge in [0.15, 0.2) is 0 Å². The highest BCUT2D eigenvalue weighted by molar-refractivity contribution is 5.97. The summed E-state index contributed by atoms with van der Waals surface area (Å²) < 4.78 is 51.0. The first-order valence-corrected chi connectivity index (χ1v) is 13.2. The fraction of sp³-hybridized carbons (Fsp3) is 0.448. The number of nitrogens with one attached hydrogen (secondary N) is 1. The molecule has 4 rings (SSSR count). The van der Waals surface area contributed by atoms with E-state index >= 15 is 0 Å². The zero-order valence-electron chi connectivity index (χ0n) is 22.2. The highest BCUT2D eigenvalue weighted by Gasteiger charge is 2.50. The van der Waals surface area contributed by atoms with Crippen molar-refractivity contribution < 1.29 is 42.4 Å². The molecule has 2 aromatic rings. The van der Waals surface area contributed by atoms with Gasteiger partial charge < -0.3 is 29.9 Å². The molecule has 40 heavy (non-hydrogen) atoms. The molecule has 8 nitrogen and oxygen atoms in total. The summed E-state index contributed by atoms with van der Waals surface area (Å²) in [6.45, 7) is 3.86. The molecule has 0 aromatic heterocycles. The molecular formula is C29H33F3N2O6. The number of carbonyl (C=O) groups is 2. The first kappa shape index (κ1) is 29.6. The Bertz CT molecular complexity index is 1230. The van der Waals surface area contributed by atoms with Crippen molar-refractivity contribution in [1.82, 2.24) is 10.2 Å². The minimum Gasteiger partial charge on any atom is -0.486 e. The van der Waals surface area contributed by atoms with Crippen molar-refractivity contribution >= 4 is 11.8 Å². The predicted octanol–water partition coefficient (Wildman–Crippen LogP) is 3.29. The second kappa shape index (κ2) is 12.4. The molecule has 216 valence electrons. The van der Waals surface area contributed by atoms with Gasteiger partial charge in [-0.15, -0.1) is 0 Å². The summed E-state index contributed by atoms with van der Waals surface area (Å²) in [5.74, 6) is -1.20. The number of carbonyl (C=O) groups excluding carboxylic acids is 2. The van der Waals surface area contributed by atoms with Crippen LogP contribution >= 0.6 is 0 Å². The molecule has 0 radical (unpaired) electrons. The van der Waals surface area contributed by atoms with Crippen molar-refractivity contribution in [2.24, 2.45) is 0 Å². The van der Waals surface area contributed by atoms with Gasteiger partial charge in [-0.2, -0.15) is 13.2 Å². The van der Waals surface area contributed by atoms with Crippen LogP contribution in [0.4, 0.5) is 13.2 Å². The number of benzene rings is 2. The van der Waals surface area contributed by atoms with Gasteiger partial charge in [-0.1, -0.05) is 18.2 Å². The molecule has 0 spiro atoms. The number of nitrogens with zero attached hydrogens (tertiary/aromatic N) is 1. The Morgan fingerprint density at radius 2 is 1.82 bits per heavy atom. The van der Waals surface area contributed by atoms with Gasteiger partial charge in [-0.25, -0.2) is 0 Å². The molecule has 3 N–H and O–H groups in total. The van der Waals surface area contributed by atoms with E-state index in [1.807, 2.05) is 13.8 Å². The van der Waals surface area contributed by atoms with Crippen LogP contribution in [-0.4, -0.2) is 77.6 Å². The van der Waals surface area contributed by atoms with E-state index in [-0.39, 0.29) is 36.9 Å². The minimum absolute atomic E-state index is 0.00223. The van der Waals surface area contributed by atoms with Crippen LogP contribution in [-0.2, 0) is 15.7 Å². The molecular weight excluding hydrogens is 529 g/mol. The Hall–Kier alpha value is -3.41. The average Bonchev–Trinajstić information content (AvgIpc) is 3.32. The van der Waals surface area contributed by atoms with Crippen LogP contribution < -0.4 is 10.1 Å². The molecule has 2 amide bonds. The zero-order chi connectivity index (χ0) is 29.0. The number of hydrogen-bond acceptors (Lipinski definition) is 6. The Kier molecular flexibility index (Phi) is 9.17. The molecule has 0 fully saturated rings. The summed E-state index contributed by atoms with van der Waals surface area (Å²) in [4.78, 5) is 28.3. The van der Waals surface area contributed by atoms with E-state index in [1.165, 1.54) is 11.0 Å². The average molecular weight is 563 g/mol. The number of amides is 2. The Balaban J connectivity index is 1.71. The van der Waals surface area contributed by atoms with Gasteiger partial charge in [0.05, 0.1) is 30.2 Å². The van der Waals surface area contributed by atoms with E-state index in [2.05, 4.69) is 5.32 Å². The molecule has 1 aliphatic heterocycles. The molecule has 11 heteroatoms. The topological polar surface area (TPSA) is 108 Å². The van der Waals surface area contributed by atoms with Crippen LogP contribution in [0.3, 0.4) is 0 Å². The SMILES string of the molecule is CC(C)OCCCN(C(=O)c1ccc(C(F)(F)F)cc1)C1C=C(C(=O)NCCO)C2c3ccccc3OC2C1O. The molecule has 4 atom stereocenters. The number of halogens is 3. The standard InChI is InChI=1S/C29H33F3N2O6/c1-17(2)39-15-5-13-34(28(38)18-8-10-19(11-9-18)29(30,31)32)22-16-21(27(37)33-12-14-35)24-20-6-3-4-7-23(20)40-26(24)25(22)36/h3-4,6-11,16-17,22,24-26,35-36H,5,12-15H2,1-2H3,(H,33,37). The number of para-hydroxylation sites is 1. The fourth-order valence-corrected chi connectivity index (χ4v) is 5.10. The monoisotopic (exact) mass is 562 g/mol. The van der Waals surface area contributed by atoms with Gasteiger partial charge in [-0.05, 0) is 56.7 Å². The maximum absolute atomic E-state index is 13.7. The molecule has 2 aromatic carbocycles. The molecule has 2 aliphatic rings. The highest BCUT2D eigenvalue weighted by atomic mass is 19.4. The third-order valence-electron chi connectivity index (χ3n) is 6.95. The van der Waals surface area contributed by atoms with Gasteiger partial charge in [0, 0.05) is 36.4 Å². The van der Waals surface area contributed by atoms with Crippen LogP contribution in [0.25, 0.3) is 0 Å². The van der Waals surface area contributed by atoms with Gasteiger partial charge >= 0.3 is 6.18 Å². The maximum Gasteiger partial charge on any atom is 0.416 e. The van der Waals surface area contributed by atoms with E-state index in [1.54, 1.807) is 24.3 Å².